The summed E-state index contributed by atoms with van der Waals surface area (Å²) in [6.45, 7) is 2.06. The van der Waals surface area contributed by atoms with Crippen LogP contribution in [-0.2, 0) is 0 Å². The first kappa shape index (κ1) is 13.4. The number of rotatable bonds is 4. The molecule has 0 radical (unpaired) electrons. The van der Waals surface area contributed by atoms with Gasteiger partial charge in [0, 0.05) is 17.7 Å². The molecule has 0 saturated carbocycles. The lowest BCUT2D eigenvalue weighted by Gasteiger charge is -2.27. The fourth-order valence-electron chi connectivity index (χ4n) is 2.64. The molecule has 18 heavy (non-hydrogen) atoms. The predicted molar refractivity (Wildman–Crippen MR) is 68.4 cm³/mol. The summed E-state index contributed by atoms with van der Waals surface area (Å²) >= 11 is 0. The molecule has 0 aliphatic carbocycles. The Morgan fingerprint density at radius 2 is 2.28 bits per heavy atom. The van der Waals surface area contributed by atoms with Crippen LogP contribution in [0.2, 0.25) is 0 Å². The summed E-state index contributed by atoms with van der Waals surface area (Å²) in [6, 6.07) is 3.78. The van der Waals surface area contributed by atoms with E-state index in [1.807, 2.05) is 7.05 Å². The van der Waals surface area contributed by atoms with Crippen molar-refractivity contribution in [3.8, 4) is 0 Å². The Balaban J connectivity index is 2.07. The second-order valence-electron chi connectivity index (χ2n) is 4.96. The molecule has 1 aromatic carbocycles. The summed E-state index contributed by atoms with van der Waals surface area (Å²) in [5.41, 5.74) is 0.560. The lowest BCUT2D eigenvalue weighted by molar-refractivity contribution is 0.318. The molecule has 1 aliphatic rings. The van der Waals surface area contributed by atoms with Gasteiger partial charge in [0.15, 0.2) is 0 Å². The molecule has 1 fully saturated rings. The van der Waals surface area contributed by atoms with E-state index in [1.54, 1.807) is 6.07 Å². The van der Waals surface area contributed by atoms with Crippen molar-refractivity contribution < 1.29 is 8.78 Å². The summed E-state index contributed by atoms with van der Waals surface area (Å²) in [7, 11) is 1.82. The number of nitrogens with one attached hydrogen (secondary N) is 2. The first-order valence-corrected chi connectivity index (χ1v) is 6.53. The maximum atomic E-state index is 13.7. The first-order valence-electron chi connectivity index (χ1n) is 6.53. The Kier molecular flexibility index (Phi) is 4.66. The second-order valence-corrected chi connectivity index (χ2v) is 4.96. The van der Waals surface area contributed by atoms with Gasteiger partial charge in [-0.25, -0.2) is 8.78 Å². The van der Waals surface area contributed by atoms with Crippen molar-refractivity contribution >= 4 is 0 Å². The smallest absolute Gasteiger partial charge is 0.130 e. The Hall–Kier alpha value is -1.00. The predicted octanol–water partition coefficient (Wildman–Crippen LogP) is 2.62. The molecule has 2 unspecified atom stereocenters. The summed E-state index contributed by atoms with van der Waals surface area (Å²) in [5.74, 6) is -0.427. The molecule has 0 amide bonds. The molecule has 100 valence electrons. The largest absolute Gasteiger partial charge is 0.316 e. The van der Waals surface area contributed by atoms with Crippen molar-refractivity contribution in [1.29, 1.82) is 0 Å². The second kappa shape index (κ2) is 6.25. The Morgan fingerprint density at radius 3 is 2.89 bits per heavy atom. The van der Waals surface area contributed by atoms with Gasteiger partial charge >= 0.3 is 0 Å². The highest BCUT2D eigenvalue weighted by molar-refractivity contribution is 5.22. The van der Waals surface area contributed by atoms with Gasteiger partial charge in [-0.2, -0.15) is 0 Å². The number of piperidine rings is 1. The van der Waals surface area contributed by atoms with Crippen LogP contribution in [0.15, 0.2) is 18.2 Å². The summed E-state index contributed by atoms with van der Waals surface area (Å²) in [5, 5.41) is 6.49. The molecule has 2 rings (SSSR count). The lowest BCUT2D eigenvalue weighted by Crippen LogP contribution is -2.32. The van der Waals surface area contributed by atoms with Gasteiger partial charge in [0.2, 0.25) is 0 Å². The lowest BCUT2D eigenvalue weighted by atomic mass is 9.89. The average molecular weight is 254 g/mol. The molecule has 1 aliphatic heterocycles. The van der Waals surface area contributed by atoms with E-state index in [-0.39, 0.29) is 6.04 Å². The zero-order valence-corrected chi connectivity index (χ0v) is 10.7. The highest BCUT2D eigenvalue weighted by atomic mass is 19.1. The van der Waals surface area contributed by atoms with Gasteiger partial charge in [0.05, 0.1) is 0 Å². The van der Waals surface area contributed by atoms with Gasteiger partial charge in [-0.1, -0.05) is 6.07 Å². The fourth-order valence-corrected chi connectivity index (χ4v) is 2.64. The molecule has 1 aromatic rings. The average Bonchev–Trinajstić information content (AvgIpc) is 2.38. The van der Waals surface area contributed by atoms with Crippen molar-refractivity contribution in [3.05, 3.63) is 35.4 Å². The quantitative estimate of drug-likeness (QED) is 0.863. The number of halogens is 2. The van der Waals surface area contributed by atoms with Crippen molar-refractivity contribution in [2.45, 2.75) is 25.3 Å². The van der Waals surface area contributed by atoms with E-state index in [0.717, 1.165) is 25.6 Å². The van der Waals surface area contributed by atoms with Crippen molar-refractivity contribution in [2.24, 2.45) is 5.92 Å². The normalized spacial score (nSPS) is 21.8. The number of hydrogen-bond acceptors (Lipinski definition) is 2. The van der Waals surface area contributed by atoms with Crippen LogP contribution in [0.5, 0.6) is 0 Å². The van der Waals surface area contributed by atoms with Gasteiger partial charge in [-0.15, -0.1) is 0 Å². The van der Waals surface area contributed by atoms with Gasteiger partial charge in [0.1, 0.15) is 11.6 Å². The summed E-state index contributed by atoms with van der Waals surface area (Å²) in [4.78, 5) is 0. The van der Waals surface area contributed by atoms with Crippen molar-refractivity contribution in [3.63, 3.8) is 0 Å². The molecule has 0 spiro atoms. The first-order chi connectivity index (χ1) is 8.70. The third-order valence-electron chi connectivity index (χ3n) is 3.65. The molecule has 2 atom stereocenters. The Bertz CT molecular complexity index is 389. The minimum atomic E-state index is -0.523. The molecular weight excluding hydrogens is 234 g/mol. The van der Waals surface area contributed by atoms with Crippen LogP contribution in [-0.4, -0.2) is 20.1 Å². The van der Waals surface area contributed by atoms with E-state index in [1.165, 1.54) is 18.9 Å². The molecule has 0 bridgehead atoms. The zero-order valence-electron chi connectivity index (χ0n) is 10.7. The highest BCUT2D eigenvalue weighted by Gasteiger charge is 2.21. The third-order valence-corrected chi connectivity index (χ3v) is 3.65. The van der Waals surface area contributed by atoms with Crippen LogP contribution >= 0.6 is 0 Å². The molecule has 1 heterocycles. The van der Waals surface area contributed by atoms with Crippen LogP contribution < -0.4 is 10.6 Å². The van der Waals surface area contributed by atoms with E-state index in [9.17, 15) is 8.78 Å². The number of hydrogen-bond donors (Lipinski definition) is 2. The monoisotopic (exact) mass is 254 g/mol. The van der Waals surface area contributed by atoms with Crippen LogP contribution in [0.4, 0.5) is 8.78 Å². The van der Waals surface area contributed by atoms with Crippen LogP contribution in [0.25, 0.3) is 0 Å². The van der Waals surface area contributed by atoms with Crippen LogP contribution in [0.1, 0.15) is 30.9 Å². The van der Waals surface area contributed by atoms with E-state index in [4.69, 9.17) is 0 Å². The van der Waals surface area contributed by atoms with Crippen molar-refractivity contribution in [1.82, 2.24) is 10.6 Å². The molecular formula is C14H20F2N2. The minimum absolute atomic E-state index is 0.0458. The zero-order chi connectivity index (χ0) is 13.0. The molecule has 2 nitrogen and oxygen atoms in total. The molecule has 4 heteroatoms. The van der Waals surface area contributed by atoms with Crippen molar-refractivity contribution in [2.75, 3.05) is 20.1 Å². The summed E-state index contributed by atoms with van der Waals surface area (Å²) in [6.07, 6.45) is 3.23. The maximum absolute atomic E-state index is 13.7. The number of benzene rings is 1. The third kappa shape index (κ3) is 3.27. The molecule has 2 N–H and O–H groups in total. The summed E-state index contributed by atoms with van der Waals surface area (Å²) < 4.78 is 26.6. The van der Waals surface area contributed by atoms with E-state index < -0.39 is 11.6 Å². The minimum Gasteiger partial charge on any atom is -0.316 e. The topological polar surface area (TPSA) is 24.1 Å². The van der Waals surface area contributed by atoms with Gasteiger partial charge in [-0.05, 0) is 51.4 Å². The van der Waals surface area contributed by atoms with E-state index >= 15 is 0 Å². The standard InChI is InChI=1S/C14H20F2N2/c1-17-14(7-10-3-2-6-18-9-10)12-5-4-11(15)8-13(12)16/h4-5,8,10,14,17-18H,2-3,6-7,9H2,1H3. The molecule has 0 aromatic heterocycles. The molecule has 1 saturated heterocycles. The Labute approximate surface area is 107 Å². The van der Waals surface area contributed by atoms with E-state index in [0.29, 0.717) is 11.5 Å². The van der Waals surface area contributed by atoms with Gasteiger partial charge in [-0.3, -0.25) is 0 Å². The van der Waals surface area contributed by atoms with E-state index in [2.05, 4.69) is 10.6 Å². The van der Waals surface area contributed by atoms with Gasteiger partial charge in [0.25, 0.3) is 0 Å². The Morgan fingerprint density at radius 1 is 1.44 bits per heavy atom. The van der Waals surface area contributed by atoms with Gasteiger partial charge < -0.3 is 10.6 Å². The fraction of sp³-hybridized carbons (Fsp3) is 0.571. The maximum Gasteiger partial charge on any atom is 0.130 e. The van der Waals surface area contributed by atoms with Crippen LogP contribution in [0.3, 0.4) is 0 Å². The van der Waals surface area contributed by atoms with Crippen LogP contribution in [0, 0.1) is 17.6 Å². The highest BCUT2D eigenvalue weighted by Crippen LogP contribution is 2.27. The SMILES string of the molecule is CNC(CC1CCCNC1)c1ccc(F)cc1F.